The molecule has 0 aliphatic carbocycles. The number of nitrogens with zero attached hydrogens (tertiary/aromatic N) is 3. The number of carboxylic acids is 1. The summed E-state index contributed by atoms with van der Waals surface area (Å²) in [4.78, 5) is 24.2. The molecule has 1 aliphatic heterocycles. The third kappa shape index (κ3) is 3.65. The number of morpholine rings is 1. The van der Waals surface area contributed by atoms with Gasteiger partial charge in [-0.05, 0) is 0 Å². The number of ether oxygens (including phenoxy) is 1. The summed E-state index contributed by atoms with van der Waals surface area (Å²) < 4.78 is 6.45. The fourth-order valence-electron chi connectivity index (χ4n) is 1.81. The standard InChI is InChI=1S/C12H15N3O4/c16-11-8-10(14-4-6-19-7-5-14)9-13-15(11)3-1-2-12(17)18/h1-2,8-9H,3-7H2,(H,17,18)/b2-1+. The first-order valence-corrected chi connectivity index (χ1v) is 5.96. The van der Waals surface area contributed by atoms with Crippen LogP contribution < -0.4 is 10.5 Å². The first-order chi connectivity index (χ1) is 9.16. The van der Waals surface area contributed by atoms with Gasteiger partial charge in [0.1, 0.15) is 0 Å². The second-order valence-corrected chi connectivity index (χ2v) is 4.07. The Bertz CT molecular complexity index is 532. The van der Waals surface area contributed by atoms with Crippen LogP contribution in [0.1, 0.15) is 0 Å². The van der Waals surface area contributed by atoms with Crippen LogP contribution in [-0.4, -0.2) is 47.2 Å². The summed E-state index contributed by atoms with van der Waals surface area (Å²) in [7, 11) is 0. The van der Waals surface area contributed by atoms with Gasteiger partial charge in [0.15, 0.2) is 0 Å². The van der Waals surface area contributed by atoms with Crippen molar-refractivity contribution in [3.05, 3.63) is 34.8 Å². The summed E-state index contributed by atoms with van der Waals surface area (Å²) in [5, 5.41) is 12.5. The summed E-state index contributed by atoms with van der Waals surface area (Å²) in [6.07, 6.45) is 3.98. The van der Waals surface area contributed by atoms with Gasteiger partial charge in [0.25, 0.3) is 5.56 Å². The van der Waals surface area contributed by atoms with E-state index < -0.39 is 5.97 Å². The molecule has 1 aromatic rings. The monoisotopic (exact) mass is 265 g/mol. The van der Waals surface area contributed by atoms with Crippen LogP contribution >= 0.6 is 0 Å². The Labute approximate surface area is 109 Å². The number of aromatic nitrogens is 2. The molecule has 7 nitrogen and oxygen atoms in total. The SMILES string of the molecule is O=C(O)/C=C/Cn1ncc(N2CCOCC2)cc1=O. The van der Waals surface area contributed by atoms with Crippen LogP contribution in [0.3, 0.4) is 0 Å². The summed E-state index contributed by atoms with van der Waals surface area (Å²) in [6, 6.07) is 1.51. The number of carbonyl (C=O) groups is 1. The van der Waals surface area contributed by atoms with Crippen molar-refractivity contribution < 1.29 is 14.6 Å². The van der Waals surface area contributed by atoms with Crippen molar-refractivity contribution in [3.63, 3.8) is 0 Å². The second-order valence-electron chi connectivity index (χ2n) is 4.07. The van der Waals surface area contributed by atoms with Gasteiger partial charge in [-0.1, -0.05) is 6.08 Å². The molecule has 0 atom stereocenters. The molecule has 102 valence electrons. The zero-order chi connectivity index (χ0) is 13.7. The lowest BCUT2D eigenvalue weighted by Crippen LogP contribution is -2.37. The highest BCUT2D eigenvalue weighted by Gasteiger charge is 2.12. The van der Waals surface area contributed by atoms with Crippen LogP contribution in [0.2, 0.25) is 0 Å². The number of hydrogen-bond donors (Lipinski definition) is 1. The van der Waals surface area contributed by atoms with E-state index in [1.54, 1.807) is 6.20 Å². The van der Waals surface area contributed by atoms with Crippen molar-refractivity contribution in [2.24, 2.45) is 0 Å². The van der Waals surface area contributed by atoms with Crippen LogP contribution in [0.25, 0.3) is 0 Å². The maximum atomic E-state index is 11.8. The van der Waals surface area contributed by atoms with Crippen molar-refractivity contribution in [1.82, 2.24) is 9.78 Å². The summed E-state index contributed by atoms with van der Waals surface area (Å²) >= 11 is 0. The van der Waals surface area contributed by atoms with E-state index in [2.05, 4.69) is 5.10 Å². The highest BCUT2D eigenvalue weighted by Crippen LogP contribution is 2.11. The molecule has 1 aromatic heterocycles. The molecule has 2 rings (SSSR count). The summed E-state index contributed by atoms with van der Waals surface area (Å²) in [5.74, 6) is -1.04. The Morgan fingerprint density at radius 3 is 2.84 bits per heavy atom. The minimum absolute atomic E-state index is 0.147. The van der Waals surface area contributed by atoms with Gasteiger partial charge >= 0.3 is 5.97 Å². The average Bonchev–Trinajstić information content (AvgIpc) is 2.41. The topological polar surface area (TPSA) is 84.7 Å². The van der Waals surface area contributed by atoms with Gasteiger partial charge in [0, 0.05) is 25.2 Å². The molecule has 0 saturated carbocycles. The number of allylic oxidation sites excluding steroid dienone is 1. The van der Waals surface area contributed by atoms with Crippen molar-refractivity contribution in [1.29, 1.82) is 0 Å². The molecular formula is C12H15N3O4. The van der Waals surface area contributed by atoms with Crippen LogP contribution in [-0.2, 0) is 16.1 Å². The van der Waals surface area contributed by atoms with Crippen molar-refractivity contribution >= 4 is 11.7 Å². The van der Waals surface area contributed by atoms with Crippen LogP contribution in [0, 0.1) is 0 Å². The lowest BCUT2D eigenvalue weighted by Gasteiger charge is -2.28. The Hall–Kier alpha value is -2.15. The molecule has 0 radical (unpaired) electrons. The zero-order valence-corrected chi connectivity index (χ0v) is 10.4. The van der Waals surface area contributed by atoms with Crippen LogP contribution in [0.5, 0.6) is 0 Å². The maximum absolute atomic E-state index is 11.8. The van der Waals surface area contributed by atoms with E-state index in [1.807, 2.05) is 4.90 Å². The molecule has 2 heterocycles. The van der Waals surface area contributed by atoms with Crippen molar-refractivity contribution in [2.75, 3.05) is 31.2 Å². The first kappa shape index (κ1) is 13.3. The lowest BCUT2D eigenvalue weighted by molar-refractivity contribution is -0.131. The van der Waals surface area contributed by atoms with Gasteiger partial charge in [-0.15, -0.1) is 0 Å². The van der Waals surface area contributed by atoms with E-state index >= 15 is 0 Å². The minimum atomic E-state index is -1.04. The lowest BCUT2D eigenvalue weighted by atomic mass is 10.3. The van der Waals surface area contributed by atoms with Crippen LogP contribution in [0.4, 0.5) is 5.69 Å². The molecule has 1 saturated heterocycles. The fraction of sp³-hybridized carbons (Fsp3) is 0.417. The first-order valence-electron chi connectivity index (χ1n) is 5.96. The fourth-order valence-corrected chi connectivity index (χ4v) is 1.81. The molecule has 0 unspecified atom stereocenters. The quantitative estimate of drug-likeness (QED) is 0.754. The smallest absolute Gasteiger partial charge is 0.328 e. The normalized spacial score (nSPS) is 15.9. The number of rotatable bonds is 4. The number of hydrogen-bond acceptors (Lipinski definition) is 5. The van der Waals surface area contributed by atoms with E-state index in [1.165, 1.54) is 16.8 Å². The predicted octanol–water partition coefficient (Wildman–Crippen LogP) is -0.279. The zero-order valence-electron chi connectivity index (χ0n) is 10.4. The largest absolute Gasteiger partial charge is 0.478 e. The Morgan fingerprint density at radius 2 is 2.21 bits per heavy atom. The van der Waals surface area contributed by atoms with Crippen LogP contribution in [0.15, 0.2) is 29.2 Å². The highest BCUT2D eigenvalue weighted by atomic mass is 16.5. The number of anilines is 1. The van der Waals surface area contributed by atoms with Gasteiger partial charge in [-0.25, -0.2) is 9.48 Å². The summed E-state index contributed by atoms with van der Waals surface area (Å²) in [5.41, 5.74) is 0.519. The Kier molecular flexibility index (Phi) is 4.30. The van der Waals surface area contributed by atoms with Gasteiger partial charge in [0.2, 0.25) is 0 Å². The third-order valence-electron chi connectivity index (χ3n) is 2.77. The molecule has 7 heteroatoms. The third-order valence-corrected chi connectivity index (χ3v) is 2.77. The average molecular weight is 265 g/mol. The highest BCUT2D eigenvalue weighted by molar-refractivity contribution is 5.79. The number of carboxylic acid groups (broad SMARTS) is 1. The maximum Gasteiger partial charge on any atom is 0.328 e. The molecule has 0 aromatic carbocycles. The molecule has 1 N–H and O–H groups in total. The molecule has 19 heavy (non-hydrogen) atoms. The molecule has 0 amide bonds. The van der Waals surface area contributed by atoms with Gasteiger partial charge < -0.3 is 14.7 Å². The second kappa shape index (κ2) is 6.14. The summed E-state index contributed by atoms with van der Waals surface area (Å²) in [6.45, 7) is 2.91. The van der Waals surface area contributed by atoms with Gasteiger partial charge in [-0.2, -0.15) is 5.10 Å². The number of aliphatic carboxylic acids is 1. The Morgan fingerprint density at radius 1 is 1.47 bits per heavy atom. The van der Waals surface area contributed by atoms with Gasteiger partial charge in [0.05, 0.1) is 31.6 Å². The van der Waals surface area contributed by atoms with Gasteiger partial charge in [-0.3, -0.25) is 4.79 Å². The molecule has 1 aliphatic rings. The molecular weight excluding hydrogens is 250 g/mol. The van der Waals surface area contributed by atoms with Crippen molar-refractivity contribution in [2.45, 2.75) is 6.54 Å². The molecule has 0 spiro atoms. The van der Waals surface area contributed by atoms with E-state index in [9.17, 15) is 9.59 Å². The Balaban J connectivity index is 2.08. The van der Waals surface area contributed by atoms with E-state index in [0.717, 1.165) is 24.9 Å². The molecule has 0 bridgehead atoms. The van der Waals surface area contributed by atoms with E-state index in [0.29, 0.717) is 13.2 Å². The van der Waals surface area contributed by atoms with E-state index in [4.69, 9.17) is 9.84 Å². The minimum Gasteiger partial charge on any atom is -0.478 e. The molecule has 1 fully saturated rings. The van der Waals surface area contributed by atoms with E-state index in [-0.39, 0.29) is 12.1 Å². The van der Waals surface area contributed by atoms with Crippen molar-refractivity contribution in [3.8, 4) is 0 Å². The predicted molar refractivity (Wildman–Crippen MR) is 68.3 cm³/mol.